The molecule has 0 aliphatic carbocycles. The molecule has 0 aromatic rings. The van der Waals surface area contributed by atoms with Crippen molar-refractivity contribution >= 4 is 25.9 Å². The van der Waals surface area contributed by atoms with Crippen molar-refractivity contribution in [2.45, 2.75) is 23.4 Å². The summed E-state index contributed by atoms with van der Waals surface area (Å²) in [6.45, 7) is 0. The summed E-state index contributed by atoms with van der Waals surface area (Å²) in [5, 5.41) is 3.33. The van der Waals surface area contributed by atoms with Gasteiger partial charge in [0.25, 0.3) is 0 Å². The van der Waals surface area contributed by atoms with Gasteiger partial charge in [0.2, 0.25) is 0 Å². The second-order valence-corrected chi connectivity index (χ2v) is 5.71. The Kier molecular flexibility index (Phi) is 10.3. The quantitative estimate of drug-likeness (QED) is 0.336. The number of hydrogen-bond acceptors (Lipinski definition) is 6. The van der Waals surface area contributed by atoms with E-state index in [1.54, 1.807) is 0 Å². The molecule has 0 aliphatic rings. The zero-order valence-electron chi connectivity index (χ0n) is 10.4. The van der Waals surface area contributed by atoms with Crippen LogP contribution in [0, 0.1) is 0 Å². The Morgan fingerprint density at radius 2 is 1.32 bits per heavy atom. The SMILES string of the molecule is O=C([O-])C(F)(OC(F)(F)C(F)(F)S(=O)([O-])=S)C(F)(F)F.[Na+].[Na+]. The van der Waals surface area contributed by atoms with Gasteiger partial charge in [-0.05, 0) is 11.2 Å². The van der Waals surface area contributed by atoms with Gasteiger partial charge in [-0.2, -0.15) is 35.1 Å². The maximum Gasteiger partial charge on any atom is 1.00 e. The van der Waals surface area contributed by atoms with Crippen molar-refractivity contribution in [1.82, 2.24) is 0 Å². The van der Waals surface area contributed by atoms with Crippen LogP contribution in [0.4, 0.5) is 35.1 Å². The number of alkyl halides is 8. The standard InChI is InChI=1S/C5H2F8O5S2.2Na/c6-2(1(14)15,3(7,8)9)18-4(10,11)5(12,13)20(16,17)19;;/h(H,14,15)(H,16,17,19);;/q;2*+1/p-2. The van der Waals surface area contributed by atoms with Gasteiger partial charge in [-0.15, -0.1) is 0 Å². The zero-order valence-corrected chi connectivity index (χ0v) is 16.0. The minimum Gasteiger partial charge on any atom is -0.765 e. The van der Waals surface area contributed by atoms with Crippen molar-refractivity contribution in [3.63, 3.8) is 0 Å². The minimum absolute atomic E-state index is 0. The summed E-state index contributed by atoms with van der Waals surface area (Å²) >= 11 is 2.91. The number of carbonyl (C=O) groups is 1. The molecule has 2 unspecified atom stereocenters. The van der Waals surface area contributed by atoms with E-state index in [2.05, 4.69) is 11.2 Å². The van der Waals surface area contributed by atoms with Gasteiger partial charge in [-0.1, -0.05) is 0 Å². The molecular formula is C5F8Na2O5S2. The Morgan fingerprint density at radius 1 is 1.00 bits per heavy atom. The molecule has 0 aromatic heterocycles. The Bertz CT molecular complexity index is 508. The second kappa shape index (κ2) is 8.05. The fraction of sp³-hybridized carbons (Fsp3) is 0.800. The summed E-state index contributed by atoms with van der Waals surface area (Å²) in [6, 6.07) is 0. The third kappa shape index (κ3) is 5.35. The van der Waals surface area contributed by atoms with Crippen LogP contribution >= 0.6 is 0 Å². The van der Waals surface area contributed by atoms with E-state index >= 15 is 0 Å². The van der Waals surface area contributed by atoms with E-state index < -0.39 is 38.1 Å². The number of carboxylic acids is 1. The van der Waals surface area contributed by atoms with Crippen LogP contribution in [-0.2, 0) is 29.5 Å². The molecule has 0 saturated heterocycles. The van der Waals surface area contributed by atoms with E-state index in [9.17, 15) is 53.8 Å². The number of rotatable bonds is 5. The smallest absolute Gasteiger partial charge is 0.765 e. The maximum atomic E-state index is 12.8. The van der Waals surface area contributed by atoms with Crippen LogP contribution in [-0.4, -0.2) is 38.1 Å². The van der Waals surface area contributed by atoms with Crippen molar-refractivity contribution in [2.75, 3.05) is 0 Å². The van der Waals surface area contributed by atoms with E-state index in [0.29, 0.717) is 0 Å². The fourth-order valence-electron chi connectivity index (χ4n) is 0.597. The van der Waals surface area contributed by atoms with Gasteiger partial charge < -0.3 is 14.5 Å². The predicted molar refractivity (Wildman–Crippen MR) is 42.2 cm³/mol. The molecule has 0 aromatic carbocycles. The first-order valence-corrected chi connectivity index (χ1v) is 6.19. The number of hydrogen-bond donors (Lipinski definition) is 0. The first-order valence-electron chi connectivity index (χ1n) is 3.78. The zero-order chi connectivity index (χ0) is 16.8. The molecule has 22 heavy (non-hydrogen) atoms. The molecule has 0 bridgehead atoms. The van der Waals surface area contributed by atoms with Gasteiger partial charge in [0, 0.05) is 8.77 Å². The van der Waals surface area contributed by atoms with Gasteiger partial charge in [-0.25, -0.2) is 0 Å². The maximum absolute atomic E-state index is 12.8. The Hall–Kier alpha value is 1.20. The molecule has 0 amide bonds. The van der Waals surface area contributed by atoms with Crippen molar-refractivity contribution in [2.24, 2.45) is 0 Å². The van der Waals surface area contributed by atoms with Gasteiger partial charge in [0.05, 0.1) is 0 Å². The number of ether oxygens (including phenoxy) is 1. The summed E-state index contributed by atoms with van der Waals surface area (Å²) in [5.74, 6) is -10.4. The summed E-state index contributed by atoms with van der Waals surface area (Å²) in [6.07, 6.45) is -13.5. The van der Waals surface area contributed by atoms with Crippen molar-refractivity contribution in [3.8, 4) is 0 Å². The minimum atomic E-state index is -6.77. The normalized spacial score (nSPS) is 18.2. The van der Waals surface area contributed by atoms with Crippen molar-refractivity contribution in [3.05, 3.63) is 0 Å². The summed E-state index contributed by atoms with van der Waals surface area (Å²) in [7, 11) is -6.48. The molecule has 0 N–H and O–H groups in total. The summed E-state index contributed by atoms with van der Waals surface area (Å²) in [5.41, 5.74) is 0. The molecule has 0 heterocycles. The first kappa shape index (κ1) is 28.0. The number of halogens is 8. The van der Waals surface area contributed by atoms with E-state index in [-0.39, 0.29) is 59.1 Å². The van der Waals surface area contributed by atoms with Crippen molar-refractivity contribution in [1.29, 1.82) is 0 Å². The Morgan fingerprint density at radius 3 is 1.50 bits per heavy atom. The van der Waals surface area contributed by atoms with E-state index in [0.717, 1.165) is 0 Å². The van der Waals surface area contributed by atoms with Crippen LogP contribution in [0.5, 0.6) is 0 Å². The van der Waals surface area contributed by atoms with Crippen molar-refractivity contribution < 1.29 is 118 Å². The average Bonchev–Trinajstić information content (AvgIpc) is 2.12. The predicted octanol–water partition coefficient (Wildman–Crippen LogP) is -5.95. The molecule has 0 aliphatic heterocycles. The third-order valence-electron chi connectivity index (χ3n) is 1.55. The molecular weight excluding hydrogens is 402 g/mol. The van der Waals surface area contributed by atoms with Gasteiger partial charge in [0.1, 0.15) is 5.97 Å². The molecule has 0 radical (unpaired) electrons. The van der Waals surface area contributed by atoms with E-state index in [1.807, 2.05) is 4.74 Å². The monoisotopic (exact) mass is 402 g/mol. The summed E-state index contributed by atoms with van der Waals surface area (Å²) in [4.78, 5) is 9.84. The van der Waals surface area contributed by atoms with Crippen LogP contribution in [0.3, 0.4) is 0 Å². The topological polar surface area (TPSA) is 89.5 Å². The molecule has 2 atom stereocenters. The molecule has 0 fully saturated rings. The number of aliphatic carboxylic acids is 1. The Labute approximate surface area is 165 Å². The van der Waals surface area contributed by atoms with Crippen LogP contribution in [0.15, 0.2) is 0 Å². The van der Waals surface area contributed by atoms with Crippen LogP contribution < -0.4 is 64.2 Å². The Balaban J connectivity index is -0.00000180. The number of carbonyl (C=O) groups excluding carboxylic acids is 1. The molecule has 120 valence electrons. The van der Waals surface area contributed by atoms with E-state index in [4.69, 9.17) is 0 Å². The fourth-order valence-corrected chi connectivity index (χ4v) is 1.22. The van der Waals surface area contributed by atoms with Crippen LogP contribution in [0.2, 0.25) is 0 Å². The van der Waals surface area contributed by atoms with Crippen LogP contribution in [0.25, 0.3) is 0 Å². The van der Waals surface area contributed by atoms with Gasteiger partial charge >= 0.3 is 82.5 Å². The molecule has 0 saturated carbocycles. The van der Waals surface area contributed by atoms with E-state index in [1.165, 1.54) is 0 Å². The molecule has 0 rings (SSSR count). The molecule has 17 heteroatoms. The summed E-state index contributed by atoms with van der Waals surface area (Å²) < 4.78 is 121. The number of carboxylic acid groups (broad SMARTS) is 1. The van der Waals surface area contributed by atoms with Crippen LogP contribution in [0.1, 0.15) is 0 Å². The molecule has 5 nitrogen and oxygen atoms in total. The first-order chi connectivity index (χ1) is 8.40. The largest absolute Gasteiger partial charge is 1.00 e. The molecule has 0 spiro atoms. The third-order valence-corrected chi connectivity index (χ3v) is 3.04. The average molecular weight is 402 g/mol. The second-order valence-electron chi connectivity index (χ2n) is 2.97. The van der Waals surface area contributed by atoms with Gasteiger partial charge in [-0.3, -0.25) is 8.95 Å². The van der Waals surface area contributed by atoms with Gasteiger partial charge in [0.15, 0.2) is 0 Å².